The van der Waals surface area contributed by atoms with Crippen LogP contribution in [0.1, 0.15) is 32.1 Å². The fourth-order valence-electron chi connectivity index (χ4n) is 2.23. The molecule has 8 heteroatoms. The van der Waals surface area contributed by atoms with Crippen molar-refractivity contribution in [3.63, 3.8) is 0 Å². The van der Waals surface area contributed by atoms with Crippen LogP contribution in [0.3, 0.4) is 0 Å². The number of hydrogen-bond acceptors (Lipinski definition) is 8. The monoisotopic (exact) mass is 378 g/mol. The number of carbonyl (C=O) groups is 2. The quantitative estimate of drug-likeness (QED) is 0.625. The largest absolute Gasteiger partial charge is 0.456 e. The van der Waals surface area contributed by atoms with Crippen LogP contribution in [0.2, 0.25) is 0 Å². The summed E-state index contributed by atoms with van der Waals surface area (Å²) in [7, 11) is 0. The van der Waals surface area contributed by atoms with Crippen LogP contribution in [-0.4, -0.2) is 21.9 Å². The van der Waals surface area contributed by atoms with E-state index in [2.05, 4.69) is 9.97 Å². The van der Waals surface area contributed by atoms with E-state index < -0.39 is 11.9 Å². The molecule has 0 aliphatic heterocycles. The van der Waals surface area contributed by atoms with Crippen molar-refractivity contribution < 1.29 is 19.1 Å². The van der Waals surface area contributed by atoms with E-state index in [1.54, 1.807) is 36.4 Å². The standard InChI is InChI=1S/C20H18N4O4/c21-15-5-7-17(23-9-15)19(25)27-11-13-1-2-14(4-3-13)12-28-20(26)18-8-6-16(22)10-24-18/h1-10H,11-12,21-22H2. The van der Waals surface area contributed by atoms with Gasteiger partial charge in [0.15, 0.2) is 0 Å². The number of hydrogen-bond donors (Lipinski definition) is 2. The third-order valence-electron chi connectivity index (χ3n) is 3.75. The molecule has 0 fully saturated rings. The molecular weight excluding hydrogens is 360 g/mol. The summed E-state index contributed by atoms with van der Waals surface area (Å²) in [5.74, 6) is -1.07. The third-order valence-corrected chi connectivity index (χ3v) is 3.75. The molecule has 3 rings (SSSR count). The van der Waals surface area contributed by atoms with Crippen LogP contribution in [-0.2, 0) is 22.7 Å². The maximum Gasteiger partial charge on any atom is 0.357 e. The van der Waals surface area contributed by atoms with Gasteiger partial charge in [-0.3, -0.25) is 0 Å². The fraction of sp³-hybridized carbons (Fsp3) is 0.100. The number of anilines is 2. The Bertz CT molecular complexity index is 875. The van der Waals surface area contributed by atoms with Gasteiger partial charge < -0.3 is 20.9 Å². The van der Waals surface area contributed by atoms with Crippen LogP contribution in [0.4, 0.5) is 11.4 Å². The van der Waals surface area contributed by atoms with Gasteiger partial charge in [0.2, 0.25) is 0 Å². The van der Waals surface area contributed by atoms with Gasteiger partial charge in [0.05, 0.1) is 23.8 Å². The Kier molecular flexibility index (Phi) is 5.81. The number of carbonyl (C=O) groups excluding carboxylic acids is 2. The molecule has 0 spiro atoms. The predicted octanol–water partition coefficient (Wildman–Crippen LogP) is 2.36. The van der Waals surface area contributed by atoms with Gasteiger partial charge >= 0.3 is 11.9 Å². The minimum atomic E-state index is -0.533. The van der Waals surface area contributed by atoms with E-state index in [4.69, 9.17) is 20.9 Å². The first-order chi connectivity index (χ1) is 13.5. The van der Waals surface area contributed by atoms with E-state index in [1.807, 2.05) is 0 Å². The molecule has 3 aromatic rings. The SMILES string of the molecule is Nc1ccc(C(=O)OCc2ccc(COC(=O)c3ccc(N)cn3)cc2)nc1. The van der Waals surface area contributed by atoms with Gasteiger partial charge in [-0.15, -0.1) is 0 Å². The molecule has 8 nitrogen and oxygen atoms in total. The highest BCUT2D eigenvalue weighted by Crippen LogP contribution is 2.10. The molecule has 0 saturated carbocycles. The van der Waals surface area contributed by atoms with Crippen molar-refractivity contribution >= 4 is 23.3 Å². The van der Waals surface area contributed by atoms with Crippen LogP contribution in [0.15, 0.2) is 60.9 Å². The van der Waals surface area contributed by atoms with Gasteiger partial charge in [-0.25, -0.2) is 19.6 Å². The minimum Gasteiger partial charge on any atom is -0.456 e. The Labute approximate surface area is 161 Å². The van der Waals surface area contributed by atoms with Crippen molar-refractivity contribution in [2.24, 2.45) is 0 Å². The lowest BCUT2D eigenvalue weighted by Gasteiger charge is -2.07. The second-order valence-electron chi connectivity index (χ2n) is 5.92. The number of esters is 2. The molecule has 0 radical (unpaired) electrons. The topological polar surface area (TPSA) is 130 Å². The van der Waals surface area contributed by atoms with Crippen LogP contribution < -0.4 is 11.5 Å². The van der Waals surface area contributed by atoms with Crippen molar-refractivity contribution in [3.8, 4) is 0 Å². The molecule has 142 valence electrons. The van der Waals surface area contributed by atoms with E-state index >= 15 is 0 Å². The first-order valence-corrected chi connectivity index (χ1v) is 8.36. The Balaban J connectivity index is 1.49. The maximum absolute atomic E-state index is 11.9. The number of benzene rings is 1. The molecule has 0 atom stereocenters. The summed E-state index contributed by atoms with van der Waals surface area (Å²) in [6.45, 7) is 0.195. The smallest absolute Gasteiger partial charge is 0.357 e. The molecule has 0 saturated heterocycles. The predicted molar refractivity (Wildman–Crippen MR) is 102 cm³/mol. The second kappa shape index (κ2) is 8.63. The molecule has 4 N–H and O–H groups in total. The summed E-state index contributed by atoms with van der Waals surface area (Å²) >= 11 is 0. The number of nitrogen functional groups attached to an aromatic ring is 2. The molecule has 0 amide bonds. The van der Waals surface area contributed by atoms with E-state index in [0.717, 1.165) is 11.1 Å². The van der Waals surface area contributed by atoms with Crippen LogP contribution >= 0.6 is 0 Å². The zero-order chi connectivity index (χ0) is 19.9. The normalized spacial score (nSPS) is 10.3. The maximum atomic E-state index is 11.9. The summed E-state index contributed by atoms with van der Waals surface area (Å²) in [6, 6.07) is 13.3. The third kappa shape index (κ3) is 5.04. The van der Waals surface area contributed by atoms with Gasteiger partial charge in [-0.2, -0.15) is 0 Å². The summed E-state index contributed by atoms with van der Waals surface area (Å²) in [4.78, 5) is 31.7. The number of rotatable bonds is 6. The Morgan fingerprint density at radius 3 is 1.39 bits per heavy atom. The number of nitrogens with two attached hydrogens (primary N) is 2. The molecular formula is C20H18N4O4. The van der Waals surface area contributed by atoms with Gasteiger partial charge in [-0.05, 0) is 35.4 Å². The average Bonchev–Trinajstić information content (AvgIpc) is 2.72. The first kappa shape index (κ1) is 18.8. The zero-order valence-corrected chi connectivity index (χ0v) is 14.9. The van der Waals surface area contributed by atoms with E-state index in [1.165, 1.54) is 24.5 Å². The number of aromatic nitrogens is 2. The number of ether oxygens (including phenoxy) is 2. The lowest BCUT2D eigenvalue weighted by Crippen LogP contribution is -2.08. The molecule has 2 heterocycles. The molecule has 0 aliphatic rings. The first-order valence-electron chi connectivity index (χ1n) is 8.36. The average molecular weight is 378 g/mol. The summed E-state index contributed by atoms with van der Waals surface area (Å²) in [5.41, 5.74) is 14.0. The van der Waals surface area contributed by atoms with Gasteiger partial charge in [0.1, 0.15) is 24.6 Å². The Morgan fingerprint density at radius 2 is 1.07 bits per heavy atom. The molecule has 0 bridgehead atoms. The Hall–Kier alpha value is -3.94. The van der Waals surface area contributed by atoms with E-state index in [-0.39, 0.29) is 24.6 Å². The van der Waals surface area contributed by atoms with Crippen LogP contribution in [0, 0.1) is 0 Å². The lowest BCUT2D eigenvalue weighted by atomic mass is 10.1. The van der Waals surface area contributed by atoms with Gasteiger partial charge in [-0.1, -0.05) is 24.3 Å². The van der Waals surface area contributed by atoms with Gasteiger partial charge in [0, 0.05) is 0 Å². The highest BCUT2D eigenvalue weighted by molar-refractivity contribution is 5.87. The van der Waals surface area contributed by atoms with Gasteiger partial charge in [0.25, 0.3) is 0 Å². The second-order valence-corrected chi connectivity index (χ2v) is 5.92. The highest BCUT2D eigenvalue weighted by Gasteiger charge is 2.10. The van der Waals surface area contributed by atoms with Crippen molar-refractivity contribution in [1.82, 2.24) is 9.97 Å². The number of nitrogens with zero attached hydrogens (tertiary/aromatic N) is 2. The molecule has 0 unspecified atom stereocenters. The lowest BCUT2D eigenvalue weighted by molar-refractivity contribution is 0.0453. The van der Waals surface area contributed by atoms with Crippen molar-refractivity contribution in [1.29, 1.82) is 0 Å². The highest BCUT2D eigenvalue weighted by atomic mass is 16.5. The Morgan fingerprint density at radius 1 is 0.679 bits per heavy atom. The summed E-state index contributed by atoms with van der Waals surface area (Å²) in [6.07, 6.45) is 2.79. The molecule has 1 aromatic carbocycles. The molecule has 0 aliphatic carbocycles. The van der Waals surface area contributed by atoms with Crippen molar-refractivity contribution in [3.05, 3.63) is 83.4 Å². The van der Waals surface area contributed by atoms with Crippen molar-refractivity contribution in [2.75, 3.05) is 11.5 Å². The summed E-state index contributed by atoms with van der Waals surface area (Å²) < 4.78 is 10.4. The fourth-order valence-corrected chi connectivity index (χ4v) is 2.23. The summed E-state index contributed by atoms with van der Waals surface area (Å²) in [5, 5.41) is 0. The van der Waals surface area contributed by atoms with Crippen LogP contribution in [0.5, 0.6) is 0 Å². The molecule has 28 heavy (non-hydrogen) atoms. The minimum absolute atomic E-state index is 0.0975. The van der Waals surface area contributed by atoms with E-state index in [0.29, 0.717) is 11.4 Å². The number of pyridine rings is 2. The molecule has 2 aromatic heterocycles. The van der Waals surface area contributed by atoms with Crippen LogP contribution in [0.25, 0.3) is 0 Å². The zero-order valence-electron chi connectivity index (χ0n) is 14.9. The van der Waals surface area contributed by atoms with E-state index in [9.17, 15) is 9.59 Å². The van der Waals surface area contributed by atoms with Crippen molar-refractivity contribution in [2.45, 2.75) is 13.2 Å².